The van der Waals surface area contributed by atoms with Gasteiger partial charge in [-0.3, -0.25) is 0 Å². The zero-order valence-electron chi connectivity index (χ0n) is 9.11. The Labute approximate surface area is 98.9 Å². The molecule has 0 amide bonds. The molecule has 1 aromatic heterocycles. The number of hydrogen-bond donors (Lipinski definition) is 1. The highest BCUT2D eigenvalue weighted by molar-refractivity contribution is 7.07. The maximum Gasteiger partial charge on any atom is 0.123 e. The topological polar surface area (TPSA) is 12.0 Å². The van der Waals surface area contributed by atoms with Crippen molar-refractivity contribution in [2.45, 2.75) is 19.5 Å². The molecule has 0 saturated heterocycles. The Morgan fingerprint density at radius 3 is 2.62 bits per heavy atom. The van der Waals surface area contributed by atoms with Crippen LogP contribution in [0.1, 0.15) is 24.1 Å². The second kappa shape index (κ2) is 5.23. The lowest BCUT2D eigenvalue weighted by atomic mass is 10.1. The van der Waals surface area contributed by atoms with Crippen LogP contribution in [-0.2, 0) is 6.54 Å². The molecule has 0 aliphatic carbocycles. The van der Waals surface area contributed by atoms with E-state index in [0.717, 1.165) is 12.1 Å². The van der Waals surface area contributed by atoms with Crippen molar-refractivity contribution < 1.29 is 4.39 Å². The van der Waals surface area contributed by atoms with Crippen LogP contribution in [-0.4, -0.2) is 0 Å². The molecule has 16 heavy (non-hydrogen) atoms. The van der Waals surface area contributed by atoms with Crippen LogP contribution in [0.2, 0.25) is 0 Å². The second-order valence-electron chi connectivity index (χ2n) is 3.79. The average Bonchev–Trinajstić information content (AvgIpc) is 2.80. The Morgan fingerprint density at radius 2 is 2.00 bits per heavy atom. The molecule has 2 rings (SSSR count). The van der Waals surface area contributed by atoms with Gasteiger partial charge in [0.05, 0.1) is 0 Å². The Morgan fingerprint density at radius 1 is 1.25 bits per heavy atom. The SMILES string of the molecule is C[C@@H](NCc1ccsc1)c1ccc(F)cc1. The van der Waals surface area contributed by atoms with E-state index in [1.165, 1.54) is 17.7 Å². The van der Waals surface area contributed by atoms with Crippen LogP contribution in [0.3, 0.4) is 0 Å². The van der Waals surface area contributed by atoms with Gasteiger partial charge in [-0.1, -0.05) is 12.1 Å². The minimum absolute atomic E-state index is 0.186. The molecular weight excluding hydrogens is 221 g/mol. The van der Waals surface area contributed by atoms with Crippen molar-refractivity contribution in [3.05, 3.63) is 58.0 Å². The van der Waals surface area contributed by atoms with Crippen molar-refractivity contribution in [1.29, 1.82) is 0 Å². The maximum atomic E-state index is 12.7. The molecule has 0 saturated carbocycles. The van der Waals surface area contributed by atoms with Gasteiger partial charge in [-0.15, -0.1) is 0 Å². The van der Waals surface area contributed by atoms with Gasteiger partial charge in [0.2, 0.25) is 0 Å². The number of rotatable bonds is 4. The predicted octanol–water partition coefficient (Wildman–Crippen LogP) is 3.74. The molecule has 0 unspecified atom stereocenters. The van der Waals surface area contributed by atoms with Crippen LogP contribution in [0.25, 0.3) is 0 Å². The predicted molar refractivity (Wildman–Crippen MR) is 66.0 cm³/mol. The Bertz CT molecular complexity index is 422. The first kappa shape index (κ1) is 11.3. The van der Waals surface area contributed by atoms with Gasteiger partial charge in [0.1, 0.15) is 5.82 Å². The molecule has 0 radical (unpaired) electrons. The van der Waals surface area contributed by atoms with E-state index in [9.17, 15) is 4.39 Å². The number of thiophene rings is 1. The van der Waals surface area contributed by atoms with Crippen LogP contribution in [0.4, 0.5) is 4.39 Å². The molecule has 1 atom stereocenters. The van der Waals surface area contributed by atoms with Crippen molar-refractivity contribution in [3.8, 4) is 0 Å². The van der Waals surface area contributed by atoms with Crippen LogP contribution in [0.5, 0.6) is 0 Å². The highest BCUT2D eigenvalue weighted by Gasteiger charge is 2.04. The molecule has 3 heteroatoms. The van der Waals surface area contributed by atoms with Gasteiger partial charge in [-0.05, 0) is 47.0 Å². The Hall–Kier alpha value is -1.19. The summed E-state index contributed by atoms with van der Waals surface area (Å²) in [5.41, 5.74) is 2.40. The molecule has 1 aromatic carbocycles. The van der Waals surface area contributed by atoms with Crippen LogP contribution >= 0.6 is 11.3 Å². The van der Waals surface area contributed by atoms with E-state index in [-0.39, 0.29) is 11.9 Å². The van der Waals surface area contributed by atoms with E-state index >= 15 is 0 Å². The summed E-state index contributed by atoms with van der Waals surface area (Å²) in [6, 6.07) is 8.98. The first-order valence-corrected chi connectivity index (χ1v) is 6.20. The first-order chi connectivity index (χ1) is 7.75. The molecule has 0 spiro atoms. The minimum atomic E-state index is -0.186. The quantitative estimate of drug-likeness (QED) is 0.851. The lowest BCUT2D eigenvalue weighted by Gasteiger charge is -2.13. The van der Waals surface area contributed by atoms with Crippen LogP contribution in [0.15, 0.2) is 41.1 Å². The summed E-state index contributed by atoms with van der Waals surface area (Å²) < 4.78 is 12.7. The van der Waals surface area contributed by atoms with E-state index in [0.29, 0.717) is 0 Å². The molecule has 2 aromatic rings. The molecule has 0 aliphatic rings. The van der Waals surface area contributed by atoms with Gasteiger partial charge < -0.3 is 5.32 Å². The second-order valence-corrected chi connectivity index (χ2v) is 4.57. The van der Waals surface area contributed by atoms with E-state index in [4.69, 9.17) is 0 Å². The summed E-state index contributed by atoms with van der Waals surface area (Å²) >= 11 is 1.70. The van der Waals surface area contributed by atoms with Gasteiger partial charge in [-0.2, -0.15) is 11.3 Å². The molecule has 84 valence electrons. The number of nitrogens with one attached hydrogen (secondary N) is 1. The highest BCUT2D eigenvalue weighted by atomic mass is 32.1. The van der Waals surface area contributed by atoms with E-state index in [1.807, 2.05) is 12.1 Å². The van der Waals surface area contributed by atoms with E-state index in [2.05, 4.69) is 29.1 Å². The third kappa shape index (κ3) is 2.90. The van der Waals surface area contributed by atoms with E-state index < -0.39 is 0 Å². The Balaban J connectivity index is 1.93. The maximum absolute atomic E-state index is 12.7. The largest absolute Gasteiger partial charge is 0.306 e. The van der Waals surface area contributed by atoms with Crippen molar-refractivity contribution in [2.75, 3.05) is 0 Å². The van der Waals surface area contributed by atoms with Gasteiger partial charge in [-0.25, -0.2) is 4.39 Å². The smallest absolute Gasteiger partial charge is 0.123 e. The normalized spacial score (nSPS) is 12.6. The number of benzene rings is 1. The van der Waals surface area contributed by atoms with Crippen molar-refractivity contribution in [1.82, 2.24) is 5.32 Å². The van der Waals surface area contributed by atoms with E-state index in [1.54, 1.807) is 11.3 Å². The summed E-state index contributed by atoms with van der Waals surface area (Å²) in [6.45, 7) is 2.93. The third-order valence-electron chi connectivity index (χ3n) is 2.56. The number of halogens is 1. The zero-order valence-corrected chi connectivity index (χ0v) is 9.93. The fourth-order valence-corrected chi connectivity index (χ4v) is 2.20. The highest BCUT2D eigenvalue weighted by Crippen LogP contribution is 2.14. The molecule has 0 aliphatic heterocycles. The fourth-order valence-electron chi connectivity index (χ4n) is 1.53. The summed E-state index contributed by atoms with van der Waals surface area (Å²) in [4.78, 5) is 0. The molecule has 0 fully saturated rings. The molecule has 1 N–H and O–H groups in total. The summed E-state index contributed by atoms with van der Waals surface area (Å²) in [5, 5.41) is 7.60. The summed E-state index contributed by atoms with van der Waals surface area (Å²) in [7, 11) is 0. The Kier molecular flexibility index (Phi) is 3.70. The van der Waals surface area contributed by atoms with Crippen molar-refractivity contribution >= 4 is 11.3 Å². The summed E-state index contributed by atoms with van der Waals surface area (Å²) in [5.74, 6) is -0.186. The zero-order chi connectivity index (χ0) is 11.4. The molecular formula is C13H14FNS. The fraction of sp³-hybridized carbons (Fsp3) is 0.231. The first-order valence-electron chi connectivity index (χ1n) is 5.25. The van der Waals surface area contributed by atoms with Crippen LogP contribution < -0.4 is 5.32 Å². The monoisotopic (exact) mass is 235 g/mol. The van der Waals surface area contributed by atoms with Gasteiger partial charge in [0, 0.05) is 12.6 Å². The van der Waals surface area contributed by atoms with Gasteiger partial charge >= 0.3 is 0 Å². The molecule has 1 heterocycles. The lowest BCUT2D eigenvalue weighted by molar-refractivity contribution is 0.572. The third-order valence-corrected chi connectivity index (χ3v) is 3.29. The minimum Gasteiger partial charge on any atom is -0.306 e. The van der Waals surface area contributed by atoms with Gasteiger partial charge in [0.15, 0.2) is 0 Å². The summed E-state index contributed by atoms with van der Waals surface area (Å²) in [6.07, 6.45) is 0. The van der Waals surface area contributed by atoms with Crippen LogP contribution in [0, 0.1) is 5.82 Å². The molecule has 0 bridgehead atoms. The van der Waals surface area contributed by atoms with Gasteiger partial charge in [0.25, 0.3) is 0 Å². The lowest BCUT2D eigenvalue weighted by Crippen LogP contribution is -2.17. The van der Waals surface area contributed by atoms with Crippen molar-refractivity contribution in [3.63, 3.8) is 0 Å². The molecule has 1 nitrogen and oxygen atoms in total. The van der Waals surface area contributed by atoms with Crippen molar-refractivity contribution in [2.24, 2.45) is 0 Å². The number of hydrogen-bond acceptors (Lipinski definition) is 2. The average molecular weight is 235 g/mol. The standard InChI is InChI=1S/C13H14FNS/c1-10(12-2-4-13(14)5-3-12)15-8-11-6-7-16-9-11/h2-7,9-10,15H,8H2,1H3/t10-/m1/s1.